The first kappa shape index (κ1) is 16.4. The Kier molecular flexibility index (Phi) is 6.44. The molecule has 1 aliphatic rings. The second-order valence-corrected chi connectivity index (χ2v) is 5.34. The first-order chi connectivity index (χ1) is 9.40. The molecule has 0 unspecified atom stereocenters. The van der Waals surface area contributed by atoms with Crippen LogP contribution in [0.2, 0.25) is 0 Å². The molecule has 1 amide bonds. The van der Waals surface area contributed by atoms with Gasteiger partial charge in [-0.2, -0.15) is 0 Å². The maximum atomic E-state index is 11.6. The van der Waals surface area contributed by atoms with Crippen LogP contribution in [0.4, 0.5) is 0 Å². The van der Waals surface area contributed by atoms with Crippen LogP contribution in [0.15, 0.2) is 0 Å². The molecular formula is C13H22N2O5. The van der Waals surface area contributed by atoms with E-state index in [0.717, 1.165) is 12.8 Å². The minimum atomic E-state index is -0.972. The number of carbonyl (C=O) groups excluding carboxylic acids is 1. The summed E-state index contributed by atoms with van der Waals surface area (Å²) in [7, 11) is 0. The number of amides is 1. The standard InChI is InChI=1S/C13H22N2O5/c14-10(5-6-11(16)17)12(18)15-7-8-1-3-9(4-2-8)13(19)20/h8-10H,1-7,14H2,(H,15,18)(H,16,17)(H,19,20)/t8?,9?,10-/m0/s1. The Hall–Kier alpha value is -1.63. The zero-order valence-corrected chi connectivity index (χ0v) is 11.4. The predicted octanol–water partition coefficient (Wildman–Crippen LogP) is 0.186. The van der Waals surface area contributed by atoms with Crippen LogP contribution in [-0.2, 0) is 14.4 Å². The van der Waals surface area contributed by atoms with Gasteiger partial charge in [-0.25, -0.2) is 0 Å². The number of carboxylic acid groups (broad SMARTS) is 2. The molecular weight excluding hydrogens is 264 g/mol. The average Bonchev–Trinajstić information content (AvgIpc) is 2.42. The SMILES string of the molecule is N[C@@H](CCC(=O)O)C(=O)NCC1CCC(C(=O)O)CC1. The van der Waals surface area contributed by atoms with E-state index in [1.807, 2.05) is 0 Å². The largest absolute Gasteiger partial charge is 0.481 e. The van der Waals surface area contributed by atoms with E-state index in [2.05, 4.69) is 5.32 Å². The lowest BCUT2D eigenvalue weighted by molar-refractivity contribution is -0.143. The Morgan fingerprint density at radius 1 is 1.15 bits per heavy atom. The molecule has 0 aromatic rings. The smallest absolute Gasteiger partial charge is 0.306 e. The summed E-state index contributed by atoms with van der Waals surface area (Å²) in [5.74, 6) is -2.05. The molecule has 7 nitrogen and oxygen atoms in total. The van der Waals surface area contributed by atoms with Crippen LogP contribution >= 0.6 is 0 Å². The third-order valence-electron chi connectivity index (χ3n) is 3.77. The third-order valence-corrected chi connectivity index (χ3v) is 3.77. The minimum absolute atomic E-state index is 0.118. The summed E-state index contributed by atoms with van der Waals surface area (Å²) in [5.41, 5.74) is 5.59. The van der Waals surface area contributed by atoms with Crippen molar-refractivity contribution in [2.24, 2.45) is 17.6 Å². The zero-order valence-electron chi connectivity index (χ0n) is 11.4. The summed E-state index contributed by atoms with van der Waals surface area (Å²) in [6.07, 6.45) is 2.83. The number of rotatable bonds is 7. The van der Waals surface area contributed by atoms with Gasteiger partial charge in [-0.3, -0.25) is 14.4 Å². The van der Waals surface area contributed by atoms with E-state index in [-0.39, 0.29) is 30.6 Å². The fraction of sp³-hybridized carbons (Fsp3) is 0.769. The van der Waals surface area contributed by atoms with Crippen LogP contribution in [0.25, 0.3) is 0 Å². The Bertz CT molecular complexity index is 364. The fourth-order valence-electron chi connectivity index (χ4n) is 2.40. The van der Waals surface area contributed by atoms with Gasteiger partial charge in [0.25, 0.3) is 0 Å². The normalized spacial score (nSPS) is 23.9. The minimum Gasteiger partial charge on any atom is -0.481 e. The Morgan fingerprint density at radius 3 is 2.25 bits per heavy atom. The molecule has 1 aliphatic carbocycles. The zero-order chi connectivity index (χ0) is 15.1. The monoisotopic (exact) mass is 286 g/mol. The van der Waals surface area contributed by atoms with Gasteiger partial charge in [-0.15, -0.1) is 0 Å². The van der Waals surface area contributed by atoms with Crippen LogP contribution in [0.3, 0.4) is 0 Å². The van der Waals surface area contributed by atoms with E-state index >= 15 is 0 Å². The highest BCUT2D eigenvalue weighted by Crippen LogP contribution is 2.28. The lowest BCUT2D eigenvalue weighted by Gasteiger charge is -2.26. The van der Waals surface area contributed by atoms with Crippen molar-refractivity contribution < 1.29 is 24.6 Å². The number of carbonyl (C=O) groups is 3. The van der Waals surface area contributed by atoms with Crippen molar-refractivity contribution in [1.82, 2.24) is 5.32 Å². The number of aliphatic carboxylic acids is 2. The molecule has 0 saturated heterocycles. The highest BCUT2D eigenvalue weighted by Gasteiger charge is 2.26. The van der Waals surface area contributed by atoms with Crippen LogP contribution < -0.4 is 11.1 Å². The van der Waals surface area contributed by atoms with Gasteiger partial charge >= 0.3 is 11.9 Å². The van der Waals surface area contributed by atoms with Crippen molar-refractivity contribution in [3.63, 3.8) is 0 Å². The summed E-state index contributed by atoms with van der Waals surface area (Å²) in [4.78, 5) is 32.8. The Morgan fingerprint density at radius 2 is 1.75 bits per heavy atom. The van der Waals surface area contributed by atoms with Gasteiger partial charge in [-0.1, -0.05) is 0 Å². The van der Waals surface area contributed by atoms with Gasteiger partial charge in [0, 0.05) is 13.0 Å². The highest BCUT2D eigenvalue weighted by molar-refractivity contribution is 5.82. The van der Waals surface area contributed by atoms with E-state index < -0.39 is 18.0 Å². The topological polar surface area (TPSA) is 130 Å². The van der Waals surface area contributed by atoms with Crippen LogP contribution in [0.1, 0.15) is 38.5 Å². The first-order valence-corrected chi connectivity index (χ1v) is 6.88. The van der Waals surface area contributed by atoms with Crippen molar-refractivity contribution in [3.05, 3.63) is 0 Å². The van der Waals surface area contributed by atoms with Crippen molar-refractivity contribution in [2.75, 3.05) is 6.54 Å². The molecule has 0 aromatic heterocycles. The molecule has 1 fully saturated rings. The molecule has 0 heterocycles. The number of hydrogen-bond donors (Lipinski definition) is 4. The molecule has 0 aliphatic heterocycles. The van der Waals surface area contributed by atoms with Crippen molar-refractivity contribution >= 4 is 17.8 Å². The molecule has 7 heteroatoms. The third kappa shape index (κ3) is 5.56. The lowest BCUT2D eigenvalue weighted by atomic mass is 9.82. The molecule has 1 atom stereocenters. The number of nitrogens with one attached hydrogen (secondary N) is 1. The molecule has 114 valence electrons. The van der Waals surface area contributed by atoms with E-state index in [9.17, 15) is 14.4 Å². The maximum absolute atomic E-state index is 11.6. The summed E-state index contributed by atoms with van der Waals surface area (Å²) < 4.78 is 0. The summed E-state index contributed by atoms with van der Waals surface area (Å²) in [5, 5.41) is 20.1. The van der Waals surface area contributed by atoms with E-state index in [1.165, 1.54) is 0 Å². The summed E-state index contributed by atoms with van der Waals surface area (Å²) >= 11 is 0. The van der Waals surface area contributed by atoms with Crippen LogP contribution in [-0.4, -0.2) is 40.6 Å². The lowest BCUT2D eigenvalue weighted by Crippen LogP contribution is -2.43. The van der Waals surface area contributed by atoms with Gasteiger partial charge in [-0.05, 0) is 38.0 Å². The van der Waals surface area contributed by atoms with E-state index in [4.69, 9.17) is 15.9 Å². The molecule has 0 spiro atoms. The molecule has 20 heavy (non-hydrogen) atoms. The predicted molar refractivity (Wildman–Crippen MR) is 70.9 cm³/mol. The second-order valence-electron chi connectivity index (χ2n) is 5.34. The molecule has 0 radical (unpaired) electrons. The number of nitrogens with two attached hydrogens (primary N) is 1. The van der Waals surface area contributed by atoms with E-state index in [0.29, 0.717) is 19.4 Å². The molecule has 0 bridgehead atoms. The molecule has 5 N–H and O–H groups in total. The van der Waals surface area contributed by atoms with Crippen molar-refractivity contribution in [3.8, 4) is 0 Å². The maximum Gasteiger partial charge on any atom is 0.306 e. The fourth-order valence-corrected chi connectivity index (χ4v) is 2.40. The summed E-state index contributed by atoms with van der Waals surface area (Å²) in [6, 6.07) is -0.804. The Labute approximate surface area is 117 Å². The van der Waals surface area contributed by atoms with Gasteiger partial charge in [0.2, 0.25) is 5.91 Å². The Balaban J connectivity index is 2.21. The van der Waals surface area contributed by atoms with Gasteiger partial charge in [0.1, 0.15) is 0 Å². The molecule has 0 aromatic carbocycles. The van der Waals surface area contributed by atoms with Crippen molar-refractivity contribution in [1.29, 1.82) is 0 Å². The number of hydrogen-bond acceptors (Lipinski definition) is 4. The molecule has 1 rings (SSSR count). The van der Waals surface area contributed by atoms with Gasteiger partial charge < -0.3 is 21.3 Å². The number of carboxylic acids is 2. The highest BCUT2D eigenvalue weighted by atomic mass is 16.4. The van der Waals surface area contributed by atoms with Crippen molar-refractivity contribution in [2.45, 2.75) is 44.6 Å². The first-order valence-electron chi connectivity index (χ1n) is 6.88. The average molecular weight is 286 g/mol. The quantitative estimate of drug-likeness (QED) is 0.528. The van der Waals surface area contributed by atoms with E-state index in [1.54, 1.807) is 0 Å². The van der Waals surface area contributed by atoms with Gasteiger partial charge in [0.15, 0.2) is 0 Å². The summed E-state index contributed by atoms with van der Waals surface area (Å²) in [6.45, 7) is 0.478. The van der Waals surface area contributed by atoms with Gasteiger partial charge in [0.05, 0.1) is 12.0 Å². The molecule has 1 saturated carbocycles. The second kappa shape index (κ2) is 7.84. The van der Waals surface area contributed by atoms with Crippen LogP contribution in [0, 0.1) is 11.8 Å². The van der Waals surface area contributed by atoms with Crippen LogP contribution in [0.5, 0.6) is 0 Å².